The highest BCUT2D eigenvalue weighted by molar-refractivity contribution is 5.94. The molecule has 0 amide bonds. The Morgan fingerprint density at radius 3 is 2.71 bits per heavy atom. The second kappa shape index (κ2) is 9.46. The quantitative estimate of drug-likeness (QED) is 0.438. The maximum atomic E-state index is 12.8. The molecule has 4 aromatic rings. The van der Waals surface area contributed by atoms with Gasteiger partial charge in [0.15, 0.2) is 5.82 Å². The van der Waals surface area contributed by atoms with Gasteiger partial charge in [-0.25, -0.2) is 24.7 Å². The number of aryl methyl sites for hydroxylation is 3. The van der Waals surface area contributed by atoms with Crippen LogP contribution >= 0.6 is 0 Å². The maximum Gasteiger partial charge on any atom is 0.354 e. The van der Waals surface area contributed by atoms with Crippen LogP contribution in [0.3, 0.4) is 0 Å². The monoisotopic (exact) mass is 510 g/mol. The van der Waals surface area contributed by atoms with Crippen LogP contribution in [0.2, 0.25) is 0 Å². The van der Waals surface area contributed by atoms with E-state index in [2.05, 4.69) is 20.9 Å². The van der Waals surface area contributed by atoms with Crippen molar-refractivity contribution in [2.75, 3.05) is 24.7 Å². The molecule has 38 heavy (non-hydrogen) atoms. The van der Waals surface area contributed by atoms with Gasteiger partial charge in [0.2, 0.25) is 0 Å². The van der Waals surface area contributed by atoms with E-state index in [1.165, 1.54) is 12.3 Å². The molecule has 0 aromatic carbocycles. The Balaban J connectivity index is 1.49. The number of hydrogen-bond acceptors (Lipinski definition) is 8. The van der Waals surface area contributed by atoms with E-state index in [0.717, 1.165) is 65.2 Å². The van der Waals surface area contributed by atoms with Crippen LogP contribution in [0.25, 0.3) is 27.9 Å². The number of hydrogen-bond donors (Lipinski definition) is 1. The highest BCUT2D eigenvalue weighted by Crippen LogP contribution is 2.37. The zero-order valence-corrected chi connectivity index (χ0v) is 21.1. The van der Waals surface area contributed by atoms with E-state index >= 15 is 0 Å². The number of aromatic nitrogens is 5. The van der Waals surface area contributed by atoms with Gasteiger partial charge in [0, 0.05) is 36.3 Å². The number of aromatic carboxylic acids is 1. The molecule has 0 atom stereocenters. The highest BCUT2D eigenvalue weighted by atomic mass is 16.5. The molecule has 0 saturated carbocycles. The first kappa shape index (κ1) is 23.9. The lowest BCUT2D eigenvalue weighted by atomic mass is 10.0. The summed E-state index contributed by atoms with van der Waals surface area (Å²) in [5.74, 6) is 0.185. The van der Waals surface area contributed by atoms with Crippen LogP contribution in [-0.4, -0.2) is 55.3 Å². The number of carbonyl (C=O) groups is 1. The van der Waals surface area contributed by atoms with Gasteiger partial charge in [-0.3, -0.25) is 4.79 Å². The summed E-state index contributed by atoms with van der Waals surface area (Å²) in [6.45, 7) is 3.74. The van der Waals surface area contributed by atoms with Crippen molar-refractivity contribution in [3.63, 3.8) is 0 Å². The van der Waals surface area contributed by atoms with Gasteiger partial charge in [0.25, 0.3) is 5.56 Å². The summed E-state index contributed by atoms with van der Waals surface area (Å²) >= 11 is 0. The molecule has 0 aliphatic carbocycles. The van der Waals surface area contributed by atoms with Crippen molar-refractivity contribution in [2.45, 2.75) is 26.2 Å². The van der Waals surface area contributed by atoms with Crippen molar-refractivity contribution >= 4 is 34.0 Å². The molecular formula is C28H26N6O4. The van der Waals surface area contributed by atoms with Crippen LogP contribution in [0, 0.1) is 6.92 Å². The smallest absolute Gasteiger partial charge is 0.354 e. The summed E-state index contributed by atoms with van der Waals surface area (Å²) in [5.41, 5.74) is 5.76. The SMILES string of the molecule is Cc1cc2c(N3CCCc4nc(-c5ccc(C(=O)O)nc5)ncc43)nc(C3=CCOCC3)cc2n(C)c1=O. The minimum atomic E-state index is -1.08. The summed E-state index contributed by atoms with van der Waals surface area (Å²) in [6.07, 6.45) is 7.74. The predicted octanol–water partition coefficient (Wildman–Crippen LogP) is 3.68. The van der Waals surface area contributed by atoms with Crippen LogP contribution in [-0.2, 0) is 18.2 Å². The Kier molecular flexibility index (Phi) is 5.96. The topological polar surface area (TPSA) is 123 Å². The average Bonchev–Trinajstić information content (AvgIpc) is 2.95. The molecule has 1 N–H and O–H groups in total. The van der Waals surface area contributed by atoms with Crippen LogP contribution < -0.4 is 10.5 Å². The van der Waals surface area contributed by atoms with E-state index in [4.69, 9.17) is 19.8 Å². The van der Waals surface area contributed by atoms with E-state index in [1.807, 2.05) is 19.1 Å². The summed E-state index contributed by atoms with van der Waals surface area (Å²) in [5, 5.41) is 10.0. The molecule has 2 aliphatic heterocycles. The van der Waals surface area contributed by atoms with Crippen molar-refractivity contribution in [1.29, 1.82) is 0 Å². The first-order valence-electron chi connectivity index (χ1n) is 12.5. The van der Waals surface area contributed by atoms with Gasteiger partial charge < -0.3 is 19.3 Å². The number of anilines is 2. The molecule has 0 unspecified atom stereocenters. The number of pyridine rings is 3. The van der Waals surface area contributed by atoms with E-state index in [9.17, 15) is 9.59 Å². The van der Waals surface area contributed by atoms with Crippen LogP contribution in [0.4, 0.5) is 11.5 Å². The molecule has 2 aliphatic rings. The van der Waals surface area contributed by atoms with Crippen molar-refractivity contribution < 1.29 is 14.6 Å². The Labute approximate surface area is 218 Å². The number of carboxylic acid groups (broad SMARTS) is 1. The number of rotatable bonds is 4. The molecule has 0 bridgehead atoms. The minimum absolute atomic E-state index is 0.0277. The van der Waals surface area contributed by atoms with E-state index in [0.29, 0.717) is 30.2 Å². The Bertz CT molecular complexity index is 1680. The van der Waals surface area contributed by atoms with E-state index < -0.39 is 5.97 Å². The predicted molar refractivity (Wildman–Crippen MR) is 143 cm³/mol. The zero-order chi connectivity index (χ0) is 26.4. The first-order chi connectivity index (χ1) is 18.4. The van der Waals surface area contributed by atoms with Crippen LogP contribution in [0.1, 0.15) is 40.3 Å². The molecular weight excluding hydrogens is 484 g/mol. The Hall–Kier alpha value is -4.44. The van der Waals surface area contributed by atoms with Gasteiger partial charge in [-0.1, -0.05) is 6.08 Å². The van der Waals surface area contributed by atoms with Crippen LogP contribution in [0.5, 0.6) is 0 Å². The normalized spacial score (nSPS) is 15.3. The molecule has 0 spiro atoms. The summed E-state index contributed by atoms with van der Waals surface area (Å²) in [7, 11) is 1.80. The molecule has 6 heterocycles. The van der Waals surface area contributed by atoms with Gasteiger partial charge in [-0.05, 0) is 56.0 Å². The fourth-order valence-corrected chi connectivity index (χ4v) is 5.08. The van der Waals surface area contributed by atoms with E-state index in [1.54, 1.807) is 23.9 Å². The lowest BCUT2D eigenvalue weighted by Gasteiger charge is -2.31. The van der Waals surface area contributed by atoms with Gasteiger partial charge in [0.05, 0.1) is 42.0 Å². The van der Waals surface area contributed by atoms with Crippen molar-refractivity contribution in [3.05, 3.63) is 75.7 Å². The molecule has 0 fully saturated rings. The molecule has 192 valence electrons. The summed E-state index contributed by atoms with van der Waals surface area (Å²) in [4.78, 5) is 44.7. The molecule has 0 saturated heterocycles. The third kappa shape index (κ3) is 4.12. The second-order valence-electron chi connectivity index (χ2n) is 9.53. The molecule has 0 radical (unpaired) electrons. The molecule has 10 nitrogen and oxygen atoms in total. The van der Waals surface area contributed by atoms with Crippen LogP contribution in [0.15, 0.2) is 47.5 Å². The largest absolute Gasteiger partial charge is 0.477 e. The molecule has 6 rings (SSSR count). The standard InChI is InChI=1S/C28H26N6O4/c1-16-12-19-23(33(2)27(16)35)13-22(17-7-10-38-11-8-17)32-26(19)34-9-3-4-20-24(34)15-30-25(31-20)18-5-6-21(28(36)37)29-14-18/h5-7,12-15H,3-4,8-11H2,1-2H3,(H,36,37). The lowest BCUT2D eigenvalue weighted by molar-refractivity contribution is 0.0690. The Morgan fingerprint density at radius 1 is 1.11 bits per heavy atom. The number of carboxylic acids is 1. The minimum Gasteiger partial charge on any atom is -0.477 e. The van der Waals surface area contributed by atoms with Crippen molar-refractivity contribution in [2.24, 2.45) is 7.05 Å². The van der Waals surface area contributed by atoms with Gasteiger partial charge in [-0.15, -0.1) is 0 Å². The van der Waals surface area contributed by atoms with Crippen molar-refractivity contribution in [3.8, 4) is 11.4 Å². The summed E-state index contributed by atoms with van der Waals surface area (Å²) in [6, 6.07) is 7.03. The molecule has 4 aromatic heterocycles. The first-order valence-corrected chi connectivity index (χ1v) is 12.5. The van der Waals surface area contributed by atoms with Gasteiger partial charge in [0.1, 0.15) is 11.5 Å². The number of fused-ring (bicyclic) bond motifs is 2. The van der Waals surface area contributed by atoms with Crippen molar-refractivity contribution in [1.82, 2.24) is 24.5 Å². The van der Waals surface area contributed by atoms with E-state index in [-0.39, 0.29) is 11.3 Å². The highest BCUT2D eigenvalue weighted by Gasteiger charge is 2.25. The van der Waals surface area contributed by atoms with Gasteiger partial charge >= 0.3 is 5.97 Å². The second-order valence-corrected chi connectivity index (χ2v) is 9.53. The number of nitrogens with zero attached hydrogens (tertiary/aromatic N) is 6. The third-order valence-electron chi connectivity index (χ3n) is 7.10. The summed E-state index contributed by atoms with van der Waals surface area (Å²) < 4.78 is 7.20. The molecule has 10 heteroatoms. The number of ether oxygens (including phenoxy) is 1. The fraction of sp³-hybridized carbons (Fsp3) is 0.286. The lowest BCUT2D eigenvalue weighted by Crippen LogP contribution is -2.28. The third-order valence-corrected chi connectivity index (χ3v) is 7.10. The zero-order valence-electron chi connectivity index (χ0n) is 21.1. The average molecular weight is 511 g/mol. The van der Waals surface area contributed by atoms with Gasteiger partial charge in [-0.2, -0.15) is 0 Å². The fourth-order valence-electron chi connectivity index (χ4n) is 5.08. The Morgan fingerprint density at radius 2 is 1.97 bits per heavy atom. The maximum absolute atomic E-state index is 12.8.